The van der Waals surface area contributed by atoms with Crippen LogP contribution in [0.3, 0.4) is 0 Å². The molecule has 1 fully saturated rings. The Balaban J connectivity index is 1.87. The van der Waals surface area contributed by atoms with E-state index in [-0.39, 0.29) is 12.5 Å². The van der Waals surface area contributed by atoms with Crippen LogP contribution in [0, 0.1) is 5.92 Å². The van der Waals surface area contributed by atoms with Crippen LogP contribution in [0.4, 0.5) is 0 Å². The van der Waals surface area contributed by atoms with Crippen molar-refractivity contribution in [3.05, 3.63) is 24.3 Å². The summed E-state index contributed by atoms with van der Waals surface area (Å²) in [7, 11) is 0. The maximum Gasteiger partial charge on any atom is 0.161 e. The molecule has 0 radical (unpaired) electrons. The molecule has 1 aromatic rings. The first-order valence-electron chi connectivity index (χ1n) is 6.91. The fourth-order valence-electron chi connectivity index (χ4n) is 2.07. The maximum atomic E-state index is 10.0. The lowest BCUT2D eigenvalue weighted by Crippen LogP contribution is -2.27. The molecule has 19 heavy (non-hydrogen) atoms. The van der Waals surface area contributed by atoms with Gasteiger partial charge in [-0.15, -0.1) is 0 Å². The van der Waals surface area contributed by atoms with E-state index in [1.165, 1.54) is 0 Å². The number of rotatable bonds is 7. The minimum absolute atomic E-state index is 0.184. The van der Waals surface area contributed by atoms with Crippen LogP contribution in [0.15, 0.2) is 24.3 Å². The number of hydrogen-bond acceptors (Lipinski definition) is 4. The van der Waals surface area contributed by atoms with Gasteiger partial charge in [0.05, 0.1) is 19.3 Å². The van der Waals surface area contributed by atoms with Crippen LogP contribution in [-0.2, 0) is 4.74 Å². The summed E-state index contributed by atoms with van der Waals surface area (Å²) >= 11 is 0. The molecule has 1 aromatic carbocycles. The van der Waals surface area contributed by atoms with Crippen molar-refractivity contribution in [2.45, 2.75) is 25.9 Å². The molecule has 4 nitrogen and oxygen atoms in total. The largest absolute Gasteiger partial charge is 0.490 e. The molecule has 2 rings (SSSR count). The van der Waals surface area contributed by atoms with Gasteiger partial charge in [-0.25, -0.2) is 0 Å². The molecule has 1 N–H and O–H groups in total. The van der Waals surface area contributed by atoms with Gasteiger partial charge in [0.15, 0.2) is 11.5 Å². The van der Waals surface area contributed by atoms with Gasteiger partial charge in [-0.1, -0.05) is 19.1 Å². The highest BCUT2D eigenvalue weighted by atomic mass is 16.5. The van der Waals surface area contributed by atoms with Gasteiger partial charge in [-0.2, -0.15) is 0 Å². The van der Waals surface area contributed by atoms with Crippen LogP contribution < -0.4 is 9.47 Å². The lowest BCUT2D eigenvalue weighted by Gasteiger charge is -2.18. The third-order valence-electron chi connectivity index (χ3n) is 3.23. The van der Waals surface area contributed by atoms with Gasteiger partial charge in [0.1, 0.15) is 6.61 Å². The van der Waals surface area contributed by atoms with E-state index in [2.05, 4.69) is 6.92 Å². The zero-order valence-electron chi connectivity index (χ0n) is 11.4. The Kier molecular flexibility index (Phi) is 5.48. The second-order valence-corrected chi connectivity index (χ2v) is 4.80. The van der Waals surface area contributed by atoms with Gasteiger partial charge in [0.2, 0.25) is 0 Å². The monoisotopic (exact) mass is 266 g/mol. The smallest absolute Gasteiger partial charge is 0.161 e. The van der Waals surface area contributed by atoms with Crippen molar-refractivity contribution in [1.29, 1.82) is 0 Å². The van der Waals surface area contributed by atoms with Crippen molar-refractivity contribution in [2.24, 2.45) is 5.92 Å². The van der Waals surface area contributed by atoms with Crippen molar-refractivity contribution in [1.82, 2.24) is 0 Å². The normalized spacial score (nSPS) is 20.2. The molecule has 0 aliphatic carbocycles. The lowest BCUT2D eigenvalue weighted by molar-refractivity contribution is 0.0488. The van der Waals surface area contributed by atoms with Crippen LogP contribution in [-0.4, -0.2) is 37.6 Å². The zero-order chi connectivity index (χ0) is 13.5. The molecule has 4 heteroatoms. The molecular weight excluding hydrogens is 244 g/mol. The highest BCUT2D eigenvalue weighted by Crippen LogP contribution is 2.27. The molecule has 2 unspecified atom stereocenters. The molecule has 0 amide bonds. The minimum atomic E-state index is -0.485. The molecule has 1 aliphatic heterocycles. The molecule has 0 aromatic heterocycles. The highest BCUT2D eigenvalue weighted by Gasteiger charge is 2.24. The van der Waals surface area contributed by atoms with E-state index in [0.29, 0.717) is 19.0 Å². The average molecular weight is 266 g/mol. The first kappa shape index (κ1) is 14.2. The van der Waals surface area contributed by atoms with E-state index in [9.17, 15) is 5.11 Å². The molecule has 2 atom stereocenters. The summed E-state index contributed by atoms with van der Waals surface area (Å²) in [6.45, 7) is 4.36. The second-order valence-electron chi connectivity index (χ2n) is 4.80. The van der Waals surface area contributed by atoms with Gasteiger partial charge in [-0.3, -0.25) is 0 Å². The van der Waals surface area contributed by atoms with Gasteiger partial charge in [-0.05, 0) is 25.0 Å². The first-order valence-corrected chi connectivity index (χ1v) is 6.91. The Morgan fingerprint density at radius 2 is 2.05 bits per heavy atom. The fourth-order valence-corrected chi connectivity index (χ4v) is 2.07. The van der Waals surface area contributed by atoms with Crippen LogP contribution >= 0.6 is 0 Å². The maximum absolute atomic E-state index is 10.0. The summed E-state index contributed by atoms with van der Waals surface area (Å²) in [5, 5.41) is 10.0. The van der Waals surface area contributed by atoms with Crippen molar-refractivity contribution >= 4 is 0 Å². The van der Waals surface area contributed by atoms with Crippen molar-refractivity contribution < 1.29 is 19.3 Å². The van der Waals surface area contributed by atoms with E-state index in [1.54, 1.807) is 0 Å². The SMILES string of the molecule is CCCOc1ccccc1OCC(O)C1CCOC1. The zero-order valence-corrected chi connectivity index (χ0v) is 11.4. The Hall–Kier alpha value is -1.26. The number of aliphatic hydroxyl groups is 1. The predicted octanol–water partition coefficient (Wildman–Crippen LogP) is 2.25. The molecule has 106 valence electrons. The van der Waals surface area contributed by atoms with Crippen LogP contribution in [0.1, 0.15) is 19.8 Å². The van der Waals surface area contributed by atoms with Crippen LogP contribution in [0.5, 0.6) is 11.5 Å². The molecule has 1 heterocycles. The number of aliphatic hydroxyl groups excluding tert-OH is 1. The summed E-state index contributed by atoms with van der Waals surface area (Å²) in [6, 6.07) is 7.57. The molecule has 1 saturated heterocycles. The van der Waals surface area contributed by atoms with Gasteiger partial charge < -0.3 is 19.3 Å². The molecule has 0 bridgehead atoms. The van der Waals surface area contributed by atoms with Crippen molar-refractivity contribution in [3.8, 4) is 11.5 Å². The lowest BCUT2D eigenvalue weighted by atomic mass is 10.0. The third kappa shape index (κ3) is 4.11. The molecule has 1 aliphatic rings. The topological polar surface area (TPSA) is 47.9 Å². The summed E-state index contributed by atoms with van der Waals surface area (Å²) in [5.74, 6) is 1.61. The molecule has 0 spiro atoms. The van der Waals surface area contributed by atoms with Crippen LogP contribution in [0.2, 0.25) is 0 Å². The number of ether oxygens (including phenoxy) is 3. The Morgan fingerprint density at radius 1 is 1.32 bits per heavy atom. The van der Waals surface area contributed by atoms with Crippen LogP contribution in [0.25, 0.3) is 0 Å². The first-order chi connectivity index (χ1) is 9.31. The summed E-state index contributed by atoms with van der Waals surface area (Å²) in [5.41, 5.74) is 0. The quantitative estimate of drug-likeness (QED) is 0.822. The minimum Gasteiger partial charge on any atom is -0.490 e. The van der Waals surface area contributed by atoms with E-state index >= 15 is 0 Å². The fraction of sp³-hybridized carbons (Fsp3) is 0.600. The average Bonchev–Trinajstić information content (AvgIpc) is 2.97. The standard InChI is InChI=1S/C15H22O4/c1-2-8-18-14-5-3-4-6-15(14)19-11-13(16)12-7-9-17-10-12/h3-6,12-13,16H,2,7-11H2,1H3. The van der Waals surface area contributed by atoms with Gasteiger partial charge in [0, 0.05) is 12.5 Å². The van der Waals surface area contributed by atoms with Crippen molar-refractivity contribution in [2.75, 3.05) is 26.4 Å². The Labute approximate surface area is 114 Å². The molecule has 0 saturated carbocycles. The number of hydrogen-bond donors (Lipinski definition) is 1. The summed E-state index contributed by atoms with van der Waals surface area (Å²) in [6.07, 6.45) is 1.37. The molecular formula is C15H22O4. The van der Waals surface area contributed by atoms with Crippen molar-refractivity contribution in [3.63, 3.8) is 0 Å². The number of para-hydroxylation sites is 2. The van der Waals surface area contributed by atoms with E-state index in [0.717, 1.165) is 25.2 Å². The third-order valence-corrected chi connectivity index (χ3v) is 3.23. The van der Waals surface area contributed by atoms with E-state index in [4.69, 9.17) is 14.2 Å². The van der Waals surface area contributed by atoms with E-state index < -0.39 is 6.10 Å². The highest BCUT2D eigenvalue weighted by molar-refractivity contribution is 5.39. The predicted molar refractivity (Wildman–Crippen MR) is 72.7 cm³/mol. The van der Waals surface area contributed by atoms with Gasteiger partial charge >= 0.3 is 0 Å². The Bertz CT molecular complexity index is 374. The summed E-state index contributed by atoms with van der Waals surface area (Å²) in [4.78, 5) is 0. The second kappa shape index (κ2) is 7.36. The number of benzene rings is 1. The summed E-state index contributed by atoms with van der Waals surface area (Å²) < 4.78 is 16.6. The van der Waals surface area contributed by atoms with E-state index in [1.807, 2.05) is 24.3 Å². The van der Waals surface area contributed by atoms with Gasteiger partial charge in [0.25, 0.3) is 0 Å². The Morgan fingerprint density at radius 3 is 2.68 bits per heavy atom.